The number of carbonyl (C=O) groups excluding carboxylic acids is 1. The number of fused-ring (bicyclic) bond motifs is 1. The number of rotatable bonds is 7. The molecule has 4 N–H and O–H groups in total. The Labute approximate surface area is 131 Å². The number of aliphatic carboxylic acids is 2. The highest BCUT2D eigenvalue weighted by atomic mass is 32.2. The van der Waals surface area contributed by atoms with E-state index in [0.717, 1.165) is 11.8 Å². The third kappa shape index (κ3) is 2.71. The van der Waals surface area contributed by atoms with Crippen LogP contribution in [0.2, 0.25) is 0 Å². The van der Waals surface area contributed by atoms with Crippen molar-refractivity contribution in [3.63, 3.8) is 0 Å². The Morgan fingerprint density at radius 3 is 2.55 bits per heavy atom. The Morgan fingerprint density at radius 1 is 1.45 bits per heavy atom. The predicted molar refractivity (Wildman–Crippen MR) is 78.0 cm³/mol. The summed E-state index contributed by atoms with van der Waals surface area (Å²) in [6.07, 6.45) is -0.499. The number of carboxylic acids is 2. The van der Waals surface area contributed by atoms with Crippen LogP contribution in [0, 0.1) is 5.92 Å². The van der Waals surface area contributed by atoms with Crippen molar-refractivity contribution in [1.29, 1.82) is 0 Å². The van der Waals surface area contributed by atoms with E-state index >= 15 is 0 Å². The maximum absolute atomic E-state index is 12.0. The Hall–Kier alpha value is -1.58. The van der Waals surface area contributed by atoms with Crippen LogP contribution in [0.1, 0.15) is 13.3 Å². The molecule has 0 bridgehead atoms. The average molecular weight is 330 g/mol. The SMILES string of the molecule is CN[C@@H](CSC1=C(C(=O)O)N2C(=O)[C@H](C(C)O)[C@H]2C1)C(=O)O. The molecule has 2 aliphatic heterocycles. The minimum atomic E-state index is -1.21. The summed E-state index contributed by atoms with van der Waals surface area (Å²) in [6.45, 7) is 1.51. The molecule has 0 spiro atoms. The summed E-state index contributed by atoms with van der Waals surface area (Å²) < 4.78 is 0. The summed E-state index contributed by atoms with van der Waals surface area (Å²) in [6, 6.07) is -1.15. The standard InChI is InChI=1S/C13H18N2O6S/c1-5(16)9-7-3-8(22-4-6(14-2)12(18)19)10(13(20)21)15(7)11(9)17/h5-7,9,14,16H,3-4H2,1-2H3,(H,18,19)(H,20,21)/t5?,6-,7+,9+/m0/s1. The van der Waals surface area contributed by atoms with E-state index in [9.17, 15) is 24.6 Å². The summed E-state index contributed by atoms with van der Waals surface area (Å²) >= 11 is 1.12. The number of nitrogens with zero attached hydrogens (tertiary/aromatic N) is 1. The van der Waals surface area contributed by atoms with Crippen molar-refractivity contribution in [2.24, 2.45) is 5.92 Å². The Balaban J connectivity index is 2.15. The number of aliphatic hydroxyl groups excluding tert-OH is 1. The Morgan fingerprint density at radius 2 is 2.09 bits per heavy atom. The van der Waals surface area contributed by atoms with E-state index in [1.807, 2.05) is 0 Å². The van der Waals surface area contributed by atoms with Crippen LogP contribution in [0.5, 0.6) is 0 Å². The van der Waals surface area contributed by atoms with E-state index in [2.05, 4.69) is 5.32 Å². The van der Waals surface area contributed by atoms with Gasteiger partial charge in [-0.05, 0) is 14.0 Å². The Kier molecular flexibility index (Phi) is 4.78. The van der Waals surface area contributed by atoms with Gasteiger partial charge >= 0.3 is 11.9 Å². The largest absolute Gasteiger partial charge is 0.480 e. The summed E-state index contributed by atoms with van der Waals surface area (Å²) in [5, 5.41) is 30.6. The quantitative estimate of drug-likeness (QED) is 0.451. The van der Waals surface area contributed by atoms with Gasteiger partial charge in [-0.1, -0.05) is 0 Å². The molecule has 0 aromatic carbocycles. The number of carbonyl (C=O) groups is 3. The summed E-state index contributed by atoms with van der Waals surface area (Å²) in [5.74, 6) is -3.06. The van der Waals surface area contributed by atoms with Crippen LogP contribution in [0.15, 0.2) is 10.6 Å². The zero-order chi connectivity index (χ0) is 16.6. The molecule has 0 aromatic rings. The number of hydrogen-bond donors (Lipinski definition) is 4. The van der Waals surface area contributed by atoms with Gasteiger partial charge in [0.05, 0.1) is 18.1 Å². The molecule has 8 nitrogen and oxygen atoms in total. The maximum atomic E-state index is 12.0. The van der Waals surface area contributed by atoms with Crippen molar-refractivity contribution in [2.45, 2.75) is 31.5 Å². The fourth-order valence-electron chi connectivity index (χ4n) is 2.82. The summed E-state index contributed by atoms with van der Waals surface area (Å²) in [7, 11) is 1.51. The zero-order valence-corrected chi connectivity index (χ0v) is 13.0. The van der Waals surface area contributed by atoms with Crippen LogP contribution < -0.4 is 5.32 Å². The second-order valence-electron chi connectivity index (χ2n) is 5.31. The second-order valence-corrected chi connectivity index (χ2v) is 6.43. The topological polar surface area (TPSA) is 127 Å². The lowest BCUT2D eigenvalue weighted by atomic mass is 9.83. The molecule has 0 radical (unpaired) electrons. The van der Waals surface area contributed by atoms with Crippen molar-refractivity contribution in [3.8, 4) is 0 Å². The normalized spacial score (nSPS) is 26.5. The lowest BCUT2D eigenvalue weighted by Crippen LogP contribution is -2.61. The van der Waals surface area contributed by atoms with Crippen LogP contribution >= 0.6 is 11.8 Å². The van der Waals surface area contributed by atoms with Crippen LogP contribution in [0.25, 0.3) is 0 Å². The average Bonchev–Trinajstić information content (AvgIpc) is 2.73. The maximum Gasteiger partial charge on any atom is 0.353 e. The van der Waals surface area contributed by atoms with Crippen molar-refractivity contribution in [1.82, 2.24) is 10.2 Å². The van der Waals surface area contributed by atoms with Crippen molar-refractivity contribution in [2.75, 3.05) is 12.8 Å². The van der Waals surface area contributed by atoms with Gasteiger partial charge < -0.3 is 25.5 Å². The third-order valence-electron chi connectivity index (χ3n) is 3.96. The van der Waals surface area contributed by atoms with Gasteiger partial charge in [-0.15, -0.1) is 11.8 Å². The van der Waals surface area contributed by atoms with Crippen LogP contribution in [0.3, 0.4) is 0 Å². The minimum Gasteiger partial charge on any atom is -0.480 e. The molecule has 2 rings (SSSR count). The second kappa shape index (κ2) is 6.27. The van der Waals surface area contributed by atoms with Gasteiger partial charge in [-0.3, -0.25) is 9.59 Å². The van der Waals surface area contributed by atoms with Crippen LogP contribution in [0.4, 0.5) is 0 Å². The van der Waals surface area contributed by atoms with Gasteiger partial charge in [0.2, 0.25) is 5.91 Å². The van der Waals surface area contributed by atoms with Crippen molar-refractivity contribution < 1.29 is 29.7 Å². The number of thioether (sulfide) groups is 1. The number of hydrogen-bond acceptors (Lipinski definition) is 6. The monoisotopic (exact) mass is 330 g/mol. The first kappa shape index (κ1) is 16.8. The molecule has 1 saturated heterocycles. The molecule has 1 amide bonds. The van der Waals surface area contributed by atoms with E-state index in [1.54, 1.807) is 0 Å². The first-order chi connectivity index (χ1) is 10.3. The van der Waals surface area contributed by atoms with Gasteiger partial charge in [0.1, 0.15) is 11.7 Å². The number of amides is 1. The molecule has 0 aliphatic carbocycles. The lowest BCUT2D eigenvalue weighted by molar-refractivity contribution is -0.161. The molecule has 1 unspecified atom stereocenters. The van der Waals surface area contributed by atoms with Gasteiger partial charge in [-0.2, -0.15) is 0 Å². The molecule has 0 aromatic heterocycles. The number of likely N-dealkylation sites (N-methyl/N-ethyl adjacent to an activating group) is 1. The minimum absolute atomic E-state index is 0.0860. The van der Waals surface area contributed by atoms with E-state index in [1.165, 1.54) is 18.9 Å². The smallest absolute Gasteiger partial charge is 0.353 e. The van der Waals surface area contributed by atoms with Gasteiger partial charge in [-0.25, -0.2) is 4.79 Å². The molecule has 22 heavy (non-hydrogen) atoms. The fraction of sp³-hybridized carbons (Fsp3) is 0.615. The number of carboxylic acid groups (broad SMARTS) is 2. The summed E-state index contributed by atoms with van der Waals surface area (Å²) in [4.78, 5) is 36.1. The zero-order valence-electron chi connectivity index (χ0n) is 12.1. The third-order valence-corrected chi connectivity index (χ3v) is 5.17. The number of β-lactam (4-membered cyclic amide) rings is 1. The van der Waals surface area contributed by atoms with Crippen LogP contribution in [-0.2, 0) is 14.4 Å². The molecule has 122 valence electrons. The molecule has 4 atom stereocenters. The van der Waals surface area contributed by atoms with E-state index < -0.39 is 35.9 Å². The first-order valence-electron chi connectivity index (χ1n) is 6.80. The molecule has 2 heterocycles. The summed E-state index contributed by atoms with van der Waals surface area (Å²) in [5.41, 5.74) is -0.0860. The highest BCUT2D eigenvalue weighted by molar-refractivity contribution is 8.03. The Bertz CT molecular complexity index is 547. The molecule has 0 saturated carbocycles. The molecular formula is C13H18N2O6S. The lowest BCUT2D eigenvalue weighted by Gasteiger charge is -2.44. The van der Waals surface area contributed by atoms with Crippen molar-refractivity contribution >= 4 is 29.6 Å². The van der Waals surface area contributed by atoms with Gasteiger partial charge in [0.25, 0.3) is 0 Å². The van der Waals surface area contributed by atoms with Gasteiger partial charge in [0.15, 0.2) is 0 Å². The first-order valence-corrected chi connectivity index (χ1v) is 7.78. The van der Waals surface area contributed by atoms with Crippen LogP contribution in [-0.4, -0.2) is 69.1 Å². The number of nitrogens with one attached hydrogen (secondary N) is 1. The molecule has 1 fully saturated rings. The molecule has 9 heteroatoms. The van der Waals surface area contributed by atoms with E-state index in [0.29, 0.717) is 11.3 Å². The van der Waals surface area contributed by atoms with E-state index in [-0.39, 0.29) is 17.5 Å². The highest BCUT2D eigenvalue weighted by Crippen LogP contribution is 2.47. The van der Waals surface area contributed by atoms with Crippen molar-refractivity contribution in [3.05, 3.63) is 10.6 Å². The fourth-order valence-corrected chi connectivity index (χ4v) is 4.11. The molecule has 2 aliphatic rings. The predicted octanol–water partition coefficient (Wildman–Crippen LogP) is -0.700. The molecular weight excluding hydrogens is 312 g/mol. The number of aliphatic hydroxyl groups is 1. The van der Waals surface area contributed by atoms with Gasteiger partial charge in [0, 0.05) is 17.1 Å². The van der Waals surface area contributed by atoms with E-state index in [4.69, 9.17) is 5.11 Å². The highest BCUT2D eigenvalue weighted by Gasteiger charge is 2.56.